The van der Waals surface area contributed by atoms with Crippen molar-refractivity contribution in [2.75, 3.05) is 11.4 Å². The van der Waals surface area contributed by atoms with E-state index in [9.17, 15) is 9.59 Å². The summed E-state index contributed by atoms with van der Waals surface area (Å²) in [7, 11) is 1.67. The van der Waals surface area contributed by atoms with Crippen LogP contribution < -0.4 is 16.0 Å². The molecule has 138 valence electrons. The molecule has 1 unspecified atom stereocenters. The first kappa shape index (κ1) is 17.1. The first-order valence-electron chi connectivity index (χ1n) is 8.90. The molecule has 0 aliphatic carbocycles. The van der Waals surface area contributed by atoms with Crippen LogP contribution in [-0.4, -0.2) is 36.9 Å². The third kappa shape index (κ3) is 3.51. The maximum atomic E-state index is 12.3. The van der Waals surface area contributed by atoms with Crippen molar-refractivity contribution in [1.29, 1.82) is 0 Å². The number of aryl methyl sites for hydroxylation is 1. The number of pyridine rings is 1. The number of rotatable bonds is 4. The van der Waals surface area contributed by atoms with E-state index < -0.39 is 0 Å². The predicted octanol–water partition coefficient (Wildman–Crippen LogP) is 1.07. The quantitative estimate of drug-likeness (QED) is 0.688. The van der Waals surface area contributed by atoms with Crippen molar-refractivity contribution in [3.63, 3.8) is 0 Å². The molecule has 4 heterocycles. The summed E-state index contributed by atoms with van der Waals surface area (Å²) in [5, 5.41) is 4.52. The molecule has 0 saturated carbocycles. The van der Waals surface area contributed by atoms with E-state index in [0.717, 1.165) is 24.9 Å². The average Bonchev–Trinajstić information content (AvgIpc) is 3.14. The molecule has 8 heteroatoms. The van der Waals surface area contributed by atoms with E-state index >= 15 is 0 Å². The van der Waals surface area contributed by atoms with Crippen LogP contribution >= 0.6 is 0 Å². The maximum Gasteiger partial charge on any atom is 0.266 e. The molecule has 0 bridgehead atoms. The standard InChI is InChI=1S/C19H20N6O2/c1-23-13-21-17(10-19(23)27)24-9-3-5-15(24)12-25-18(26)7-6-16(22-25)14-4-2-8-20-11-14/h2,4,6-8,10-11,13,15H,3,5,9,12H2,1H3. The predicted molar refractivity (Wildman–Crippen MR) is 102 cm³/mol. The van der Waals surface area contributed by atoms with Crippen LogP contribution in [0.5, 0.6) is 0 Å². The van der Waals surface area contributed by atoms with Gasteiger partial charge in [-0.25, -0.2) is 9.67 Å². The van der Waals surface area contributed by atoms with Gasteiger partial charge in [-0.2, -0.15) is 5.10 Å². The fraction of sp³-hybridized carbons (Fsp3) is 0.316. The van der Waals surface area contributed by atoms with Gasteiger partial charge in [-0.3, -0.25) is 14.6 Å². The van der Waals surface area contributed by atoms with Gasteiger partial charge in [0.15, 0.2) is 0 Å². The van der Waals surface area contributed by atoms with Gasteiger partial charge in [0.05, 0.1) is 24.6 Å². The summed E-state index contributed by atoms with van der Waals surface area (Å²) in [6, 6.07) is 8.61. The molecule has 8 nitrogen and oxygen atoms in total. The molecule has 3 aromatic heterocycles. The van der Waals surface area contributed by atoms with Gasteiger partial charge in [0, 0.05) is 43.7 Å². The number of aromatic nitrogens is 5. The normalized spacial score (nSPS) is 16.6. The summed E-state index contributed by atoms with van der Waals surface area (Å²) < 4.78 is 2.93. The lowest BCUT2D eigenvalue weighted by atomic mass is 10.2. The van der Waals surface area contributed by atoms with Gasteiger partial charge in [0.2, 0.25) is 0 Å². The summed E-state index contributed by atoms with van der Waals surface area (Å²) in [5.41, 5.74) is 1.33. The lowest BCUT2D eigenvalue weighted by Crippen LogP contribution is -2.38. The van der Waals surface area contributed by atoms with Crippen LogP contribution in [0.3, 0.4) is 0 Å². The summed E-state index contributed by atoms with van der Waals surface area (Å²) in [4.78, 5) is 34.8. The average molecular weight is 364 g/mol. The SMILES string of the molecule is Cn1cnc(N2CCCC2Cn2nc(-c3cccnc3)ccc2=O)cc1=O. The molecule has 0 radical (unpaired) electrons. The van der Waals surface area contributed by atoms with E-state index in [0.29, 0.717) is 18.1 Å². The molecule has 4 rings (SSSR count). The van der Waals surface area contributed by atoms with Crippen molar-refractivity contribution in [2.45, 2.75) is 25.4 Å². The summed E-state index contributed by atoms with van der Waals surface area (Å²) in [6.07, 6.45) is 6.86. The maximum absolute atomic E-state index is 12.3. The van der Waals surface area contributed by atoms with Crippen LogP contribution in [0.1, 0.15) is 12.8 Å². The molecule has 0 N–H and O–H groups in total. The van der Waals surface area contributed by atoms with Crippen LogP contribution in [0, 0.1) is 0 Å². The van der Waals surface area contributed by atoms with E-state index in [2.05, 4.69) is 20.0 Å². The number of nitrogens with zero attached hydrogens (tertiary/aromatic N) is 6. The van der Waals surface area contributed by atoms with Crippen LogP contribution in [0.2, 0.25) is 0 Å². The van der Waals surface area contributed by atoms with Gasteiger partial charge in [0.1, 0.15) is 5.82 Å². The third-order valence-corrected chi connectivity index (χ3v) is 4.84. The van der Waals surface area contributed by atoms with Crippen molar-refractivity contribution in [1.82, 2.24) is 24.3 Å². The first-order chi connectivity index (χ1) is 13.1. The minimum Gasteiger partial charge on any atom is -0.352 e. The zero-order valence-electron chi connectivity index (χ0n) is 15.0. The first-order valence-corrected chi connectivity index (χ1v) is 8.90. The zero-order chi connectivity index (χ0) is 18.8. The van der Waals surface area contributed by atoms with Crippen molar-refractivity contribution in [3.8, 4) is 11.3 Å². The Morgan fingerprint density at radius 2 is 2.07 bits per heavy atom. The Kier molecular flexibility index (Phi) is 4.53. The van der Waals surface area contributed by atoms with E-state index in [1.807, 2.05) is 12.1 Å². The van der Waals surface area contributed by atoms with Gasteiger partial charge >= 0.3 is 0 Å². The van der Waals surface area contributed by atoms with Crippen molar-refractivity contribution < 1.29 is 0 Å². The Hall–Kier alpha value is -3.29. The molecule has 27 heavy (non-hydrogen) atoms. The highest BCUT2D eigenvalue weighted by Gasteiger charge is 2.27. The summed E-state index contributed by atoms with van der Waals surface area (Å²) in [5.74, 6) is 0.650. The molecule has 0 spiro atoms. The van der Waals surface area contributed by atoms with Crippen LogP contribution in [0.25, 0.3) is 11.3 Å². The highest BCUT2D eigenvalue weighted by Crippen LogP contribution is 2.23. The van der Waals surface area contributed by atoms with Gasteiger partial charge in [-0.05, 0) is 31.0 Å². The Bertz CT molecular complexity index is 1060. The van der Waals surface area contributed by atoms with Crippen LogP contribution in [0.15, 0.2) is 58.6 Å². The minimum absolute atomic E-state index is 0.0685. The molecule has 3 aromatic rings. The fourth-order valence-electron chi connectivity index (χ4n) is 3.38. The second-order valence-corrected chi connectivity index (χ2v) is 6.67. The van der Waals surface area contributed by atoms with Gasteiger partial charge in [-0.15, -0.1) is 0 Å². The molecule has 1 aliphatic rings. The monoisotopic (exact) mass is 364 g/mol. The van der Waals surface area contributed by atoms with Gasteiger partial charge in [-0.1, -0.05) is 0 Å². The minimum atomic E-state index is -0.147. The molecule has 0 aromatic carbocycles. The van der Waals surface area contributed by atoms with Gasteiger partial charge in [0.25, 0.3) is 11.1 Å². The molecular formula is C19H20N6O2. The summed E-state index contributed by atoms with van der Waals surface area (Å²) >= 11 is 0. The van der Waals surface area contributed by atoms with Crippen molar-refractivity contribution >= 4 is 5.82 Å². The highest BCUT2D eigenvalue weighted by atomic mass is 16.1. The molecular weight excluding hydrogens is 344 g/mol. The smallest absolute Gasteiger partial charge is 0.266 e. The summed E-state index contributed by atoms with van der Waals surface area (Å²) in [6.45, 7) is 1.26. The highest BCUT2D eigenvalue weighted by molar-refractivity contribution is 5.56. The topological polar surface area (TPSA) is 85.9 Å². The molecule has 1 aliphatic heterocycles. The molecule has 0 amide bonds. The Morgan fingerprint density at radius 1 is 1.19 bits per heavy atom. The van der Waals surface area contributed by atoms with Crippen LogP contribution in [-0.2, 0) is 13.6 Å². The fourth-order valence-corrected chi connectivity index (χ4v) is 3.38. The zero-order valence-corrected chi connectivity index (χ0v) is 15.0. The van der Waals surface area contributed by atoms with E-state index in [1.165, 1.54) is 21.6 Å². The second kappa shape index (κ2) is 7.14. The Labute approximate surface area is 155 Å². The van der Waals surface area contributed by atoms with Crippen molar-refractivity contribution in [3.05, 3.63) is 69.8 Å². The molecule has 1 saturated heterocycles. The Balaban J connectivity index is 1.62. The van der Waals surface area contributed by atoms with E-state index in [4.69, 9.17) is 0 Å². The Morgan fingerprint density at radius 3 is 2.85 bits per heavy atom. The van der Waals surface area contributed by atoms with Crippen molar-refractivity contribution in [2.24, 2.45) is 7.05 Å². The lowest BCUT2D eigenvalue weighted by Gasteiger charge is -2.25. The van der Waals surface area contributed by atoms with E-state index in [-0.39, 0.29) is 17.2 Å². The largest absolute Gasteiger partial charge is 0.352 e. The number of anilines is 1. The number of hydrogen-bond acceptors (Lipinski definition) is 6. The lowest BCUT2D eigenvalue weighted by molar-refractivity contribution is 0.488. The second-order valence-electron chi connectivity index (χ2n) is 6.67. The van der Waals surface area contributed by atoms with E-state index in [1.54, 1.807) is 31.6 Å². The van der Waals surface area contributed by atoms with Gasteiger partial charge < -0.3 is 9.47 Å². The number of hydrogen-bond donors (Lipinski definition) is 0. The molecule has 1 atom stereocenters. The third-order valence-electron chi connectivity index (χ3n) is 4.84. The van der Waals surface area contributed by atoms with Crippen LogP contribution in [0.4, 0.5) is 5.82 Å². The molecule has 1 fully saturated rings.